The Morgan fingerprint density at radius 2 is 1.48 bits per heavy atom. The van der Waals surface area contributed by atoms with Crippen molar-refractivity contribution >= 4 is 20.0 Å². The van der Waals surface area contributed by atoms with Crippen LogP contribution in [0.15, 0.2) is 11.0 Å². The second-order valence-electron chi connectivity index (χ2n) is 11.9. The molecule has 0 bridgehead atoms. The van der Waals surface area contributed by atoms with Crippen LogP contribution < -0.4 is 0 Å². The Bertz CT molecular complexity index is 571. The molecule has 33 heavy (non-hydrogen) atoms. The molecule has 5 heteroatoms. The number of nitrogens with zero attached hydrogens (tertiary/aromatic N) is 1. The predicted molar refractivity (Wildman–Crippen MR) is 154 cm³/mol. The van der Waals surface area contributed by atoms with E-state index in [9.17, 15) is 0 Å². The van der Waals surface area contributed by atoms with Crippen LogP contribution in [0.4, 0.5) is 0 Å². The van der Waals surface area contributed by atoms with Crippen molar-refractivity contribution in [3.05, 3.63) is 38.2 Å². The average molecular weight is 532 g/mol. The van der Waals surface area contributed by atoms with Gasteiger partial charge in [0, 0.05) is 11.9 Å². The zero-order valence-corrected chi connectivity index (χ0v) is 27.8. The van der Waals surface area contributed by atoms with Gasteiger partial charge in [0.15, 0.2) is 0 Å². The molecule has 1 fully saturated rings. The summed E-state index contributed by atoms with van der Waals surface area (Å²) in [5, 5.41) is 0.781. The largest absolute Gasteiger partial charge is 4.00 e. The van der Waals surface area contributed by atoms with Crippen LogP contribution in [-0.4, -0.2) is 31.2 Å². The van der Waals surface area contributed by atoms with E-state index in [1.54, 1.807) is 4.91 Å². The van der Waals surface area contributed by atoms with Crippen molar-refractivity contribution in [2.24, 2.45) is 17.8 Å². The summed E-state index contributed by atoms with van der Waals surface area (Å²) in [4.78, 5) is 7.19. The first-order valence-electron chi connectivity index (χ1n) is 12.0. The van der Waals surface area contributed by atoms with E-state index in [1.165, 1.54) is 31.7 Å². The van der Waals surface area contributed by atoms with Crippen molar-refractivity contribution in [2.45, 2.75) is 123 Å². The summed E-state index contributed by atoms with van der Waals surface area (Å²) in [6.07, 6.45) is 7.72. The van der Waals surface area contributed by atoms with Gasteiger partial charge in [-0.2, -0.15) is 0 Å². The van der Waals surface area contributed by atoms with Crippen molar-refractivity contribution in [2.75, 3.05) is 6.61 Å². The van der Waals surface area contributed by atoms with Gasteiger partial charge in [-0.3, -0.25) is 0 Å². The third kappa shape index (κ3) is 11.3. The monoisotopic (exact) mass is 531 g/mol. The van der Waals surface area contributed by atoms with Gasteiger partial charge in [0.1, 0.15) is 0 Å². The first-order chi connectivity index (χ1) is 13.2. The van der Waals surface area contributed by atoms with Gasteiger partial charge in [-0.25, -0.2) is 0 Å². The molecule has 194 valence electrons. The molecule has 2 aliphatic rings. The predicted octanol–water partition coefficient (Wildman–Crippen LogP) is 9.75. The van der Waals surface area contributed by atoms with E-state index in [0.29, 0.717) is 0 Å². The Kier molecular flexibility index (Phi) is 17.8. The Morgan fingerprint density at radius 3 is 2.00 bits per heavy atom. The topological polar surface area (TPSA) is 23.3 Å². The number of fused-ring (bicyclic) bond motifs is 1. The minimum Gasteiger partial charge on any atom is -0.659 e. The van der Waals surface area contributed by atoms with Gasteiger partial charge in [0.25, 0.3) is 0 Å². The third-order valence-corrected chi connectivity index (χ3v) is 13.4. The molecule has 1 heterocycles. The Morgan fingerprint density at radius 1 is 0.939 bits per heavy atom. The fraction of sp³-hybridized carbons (Fsp3) is 0.821. The Hall–Kier alpha value is 0.941. The average Bonchev–Trinajstić information content (AvgIpc) is 3.01. The molecule has 0 radical (unpaired) electrons. The molecule has 2 rings (SSSR count). The summed E-state index contributed by atoms with van der Waals surface area (Å²) >= 11 is 2.18. The van der Waals surface area contributed by atoms with Gasteiger partial charge in [0.2, 0.25) is 0 Å². The number of allylic oxidation sites excluding steroid dienone is 2. The van der Waals surface area contributed by atoms with Crippen molar-refractivity contribution in [3.63, 3.8) is 0 Å². The number of hydrogen-bond donors (Lipinski definition) is 0. The minimum absolute atomic E-state index is 0. The van der Waals surface area contributed by atoms with Gasteiger partial charge in [-0.15, -0.1) is 17.3 Å². The normalized spacial score (nSPS) is 28.3. The minimum atomic E-state index is -1.73. The van der Waals surface area contributed by atoms with Crippen molar-refractivity contribution in [1.82, 2.24) is 0 Å². The van der Waals surface area contributed by atoms with Crippen molar-refractivity contribution in [1.29, 1.82) is 0 Å². The van der Waals surface area contributed by atoms with Crippen LogP contribution in [0.5, 0.6) is 0 Å². The number of thioether (sulfide) groups is 1. The summed E-state index contributed by atoms with van der Waals surface area (Å²) in [5.41, 5.74) is 0.882. The Balaban J connectivity index is -0.00000225. The maximum absolute atomic E-state index is 5.89. The fourth-order valence-corrected chi connectivity index (χ4v) is 13.8. The standard InChI is InChI=1S/C25H48NOSSi.3CH3.Ti/c1-18-17-21-19(2)20(3)23(22(21)28-18)29(10,26-24(4,5)6)16-14-12-11-13-15-27-25(7,8)9;;;;/h17,19-23H,11-16H2,1-10H3;3*1H3;/q4*-1;+4. The van der Waals surface area contributed by atoms with Gasteiger partial charge in [-0.1, -0.05) is 80.8 Å². The molecule has 1 aliphatic heterocycles. The summed E-state index contributed by atoms with van der Waals surface area (Å²) in [6, 6.07) is 1.36. The maximum Gasteiger partial charge on any atom is 4.00 e. The van der Waals surface area contributed by atoms with Gasteiger partial charge >= 0.3 is 21.7 Å². The molecule has 6 unspecified atom stereocenters. The molecule has 0 aromatic carbocycles. The quantitative estimate of drug-likeness (QED) is 0.168. The van der Waals surface area contributed by atoms with Crippen LogP contribution in [0.1, 0.15) is 88.0 Å². The SMILES string of the molecule is CC1=CC2C(C)C(C)C([Si](C)(CCCCCCOC(C)(C)C)[N-]C(C)(C)C)C2S1.[CH3-].[CH3-].[CH3-].[Ti+4]. The van der Waals surface area contributed by atoms with E-state index in [1.807, 2.05) is 0 Å². The summed E-state index contributed by atoms with van der Waals surface area (Å²) in [7, 11) is -1.73. The molecule has 1 saturated carbocycles. The molecule has 2 nitrogen and oxygen atoms in total. The van der Waals surface area contributed by atoms with E-state index in [0.717, 1.165) is 35.2 Å². The molecule has 0 aromatic heterocycles. The Labute approximate surface area is 230 Å². The van der Waals surface area contributed by atoms with Crippen LogP contribution >= 0.6 is 11.8 Å². The molecule has 0 spiro atoms. The second-order valence-corrected chi connectivity index (χ2v) is 17.5. The molecule has 0 amide bonds. The second kappa shape index (κ2) is 15.3. The van der Waals surface area contributed by atoms with Gasteiger partial charge in [0.05, 0.1) is 5.60 Å². The summed E-state index contributed by atoms with van der Waals surface area (Å²) in [6.45, 7) is 24.2. The van der Waals surface area contributed by atoms with E-state index < -0.39 is 8.24 Å². The van der Waals surface area contributed by atoms with Crippen LogP contribution in [0.2, 0.25) is 18.1 Å². The molecule has 1 aliphatic carbocycles. The molecule has 0 saturated heterocycles. The van der Waals surface area contributed by atoms with Crippen LogP contribution in [0, 0.1) is 40.0 Å². The number of unbranched alkanes of at least 4 members (excludes halogenated alkanes) is 3. The van der Waals surface area contributed by atoms with E-state index in [-0.39, 0.29) is 55.1 Å². The fourth-order valence-electron chi connectivity index (χ4n) is 5.74. The number of hydrogen-bond acceptors (Lipinski definition) is 2. The first-order valence-corrected chi connectivity index (χ1v) is 15.6. The maximum atomic E-state index is 5.89. The zero-order valence-electron chi connectivity index (χ0n) is 24.5. The summed E-state index contributed by atoms with van der Waals surface area (Å²) < 4.78 is 5.89. The van der Waals surface area contributed by atoms with Gasteiger partial charge in [-0.05, 0) is 62.3 Å². The van der Waals surface area contributed by atoms with Crippen molar-refractivity contribution < 1.29 is 26.5 Å². The van der Waals surface area contributed by atoms with E-state index in [2.05, 4.69) is 86.7 Å². The molecule has 0 N–H and O–H groups in total. The number of ether oxygens (including phenoxy) is 1. The van der Waals surface area contributed by atoms with E-state index >= 15 is 0 Å². The third-order valence-electron chi connectivity index (χ3n) is 6.91. The molecule has 0 aromatic rings. The zero-order chi connectivity index (χ0) is 22.0. The van der Waals surface area contributed by atoms with Crippen LogP contribution in [-0.2, 0) is 26.5 Å². The smallest absolute Gasteiger partial charge is 0.659 e. The molecular weight excluding hydrogens is 474 g/mol. The van der Waals surface area contributed by atoms with Crippen LogP contribution in [0.3, 0.4) is 0 Å². The van der Waals surface area contributed by atoms with Crippen molar-refractivity contribution in [3.8, 4) is 0 Å². The molecular formula is C28H57NOSSiTi. The first kappa shape index (κ1) is 38.5. The number of rotatable bonds is 9. The summed E-state index contributed by atoms with van der Waals surface area (Å²) in [5.74, 6) is 2.37. The van der Waals surface area contributed by atoms with E-state index in [4.69, 9.17) is 9.72 Å². The molecule has 6 atom stereocenters. The van der Waals surface area contributed by atoms with Gasteiger partial charge < -0.3 is 32.0 Å². The van der Waals surface area contributed by atoms with Crippen LogP contribution in [0.25, 0.3) is 4.98 Å².